The molecule has 24 heavy (non-hydrogen) atoms. The number of halogens is 1. The van der Waals surface area contributed by atoms with E-state index in [0.29, 0.717) is 12.1 Å². The van der Waals surface area contributed by atoms with Gasteiger partial charge in [-0.25, -0.2) is 4.39 Å². The van der Waals surface area contributed by atoms with Crippen LogP contribution >= 0.6 is 0 Å². The second-order valence-electron chi connectivity index (χ2n) is 7.88. The van der Waals surface area contributed by atoms with Gasteiger partial charge >= 0.3 is 0 Å². The number of nitrogens with one attached hydrogen (secondary N) is 1. The van der Waals surface area contributed by atoms with E-state index in [1.807, 2.05) is 6.07 Å². The number of hydrogen-bond donors (Lipinski definition) is 1. The second-order valence-corrected chi connectivity index (χ2v) is 7.88. The highest BCUT2D eigenvalue weighted by Gasteiger charge is 2.52. The first kappa shape index (κ1) is 17.4. The highest BCUT2D eigenvalue weighted by Crippen LogP contribution is 2.49. The zero-order chi connectivity index (χ0) is 17.2. The van der Waals surface area contributed by atoms with Crippen LogP contribution in [0, 0.1) is 17.7 Å². The van der Waals surface area contributed by atoms with Crippen LogP contribution in [0.5, 0.6) is 0 Å². The number of benzene rings is 1. The third-order valence-electron chi connectivity index (χ3n) is 5.46. The van der Waals surface area contributed by atoms with Gasteiger partial charge in [0.1, 0.15) is 5.82 Å². The van der Waals surface area contributed by atoms with Crippen LogP contribution in [-0.2, 0) is 10.2 Å². The molecule has 0 radical (unpaired) electrons. The molecule has 1 aromatic rings. The maximum absolute atomic E-state index is 14.0. The van der Waals surface area contributed by atoms with Gasteiger partial charge in [0.25, 0.3) is 0 Å². The van der Waals surface area contributed by atoms with Gasteiger partial charge in [-0.3, -0.25) is 4.79 Å². The summed E-state index contributed by atoms with van der Waals surface area (Å²) in [4.78, 5) is 15.1. The number of carbonyl (C=O) groups excluding carboxylic acids is 1. The molecule has 1 saturated heterocycles. The first-order valence-corrected chi connectivity index (χ1v) is 9.27. The molecule has 2 fully saturated rings. The average Bonchev–Trinajstić information content (AvgIpc) is 3.32. The third-order valence-corrected chi connectivity index (χ3v) is 5.46. The molecule has 0 spiro atoms. The lowest BCUT2D eigenvalue weighted by Gasteiger charge is -2.35. The number of nitrogens with zero attached hydrogens (tertiary/aromatic N) is 1. The molecule has 1 aliphatic heterocycles. The summed E-state index contributed by atoms with van der Waals surface area (Å²) in [6.07, 6.45) is 3.78. The van der Waals surface area contributed by atoms with E-state index < -0.39 is 5.41 Å². The Kier molecular flexibility index (Phi) is 5.24. The van der Waals surface area contributed by atoms with E-state index in [-0.39, 0.29) is 11.7 Å². The number of rotatable bonds is 6. The summed E-state index contributed by atoms with van der Waals surface area (Å²) in [7, 11) is 0. The van der Waals surface area contributed by atoms with E-state index in [0.717, 1.165) is 50.7 Å². The highest BCUT2D eigenvalue weighted by molar-refractivity contribution is 5.91. The molecule has 2 aliphatic rings. The summed E-state index contributed by atoms with van der Waals surface area (Å²) in [6.45, 7) is 8.66. The second kappa shape index (κ2) is 7.22. The van der Waals surface area contributed by atoms with Crippen molar-refractivity contribution in [3.63, 3.8) is 0 Å². The van der Waals surface area contributed by atoms with Gasteiger partial charge in [-0.05, 0) is 50.1 Å². The van der Waals surface area contributed by atoms with Crippen LogP contribution in [0.4, 0.5) is 4.39 Å². The van der Waals surface area contributed by atoms with Crippen LogP contribution in [0.3, 0.4) is 0 Å². The van der Waals surface area contributed by atoms with Gasteiger partial charge in [0.15, 0.2) is 0 Å². The summed E-state index contributed by atoms with van der Waals surface area (Å²) >= 11 is 0. The Hall–Kier alpha value is -1.42. The largest absolute Gasteiger partial charge is 0.355 e. The standard InChI is InChI=1S/C20H29FN2O/c1-15-12-16(2)14-23(13-15)11-5-10-22-19(24)20(8-9-20)17-6-3-4-7-18(17)21/h3-4,6-7,15-16H,5,8-14H2,1-2H3,(H,22,24)/t15-,16-/m1/s1. The van der Waals surface area contributed by atoms with Crippen LogP contribution in [0.1, 0.15) is 45.1 Å². The molecule has 1 saturated carbocycles. The van der Waals surface area contributed by atoms with E-state index in [9.17, 15) is 9.18 Å². The van der Waals surface area contributed by atoms with Crippen LogP contribution < -0.4 is 5.32 Å². The number of piperidine rings is 1. The molecule has 4 heteroatoms. The van der Waals surface area contributed by atoms with Crippen molar-refractivity contribution in [2.75, 3.05) is 26.2 Å². The monoisotopic (exact) mass is 332 g/mol. The Labute approximate surface area is 144 Å². The zero-order valence-electron chi connectivity index (χ0n) is 14.9. The summed E-state index contributed by atoms with van der Waals surface area (Å²) in [5.41, 5.74) is -0.0550. The van der Waals surface area contributed by atoms with Gasteiger partial charge in [0.2, 0.25) is 5.91 Å². The Morgan fingerprint density at radius 2 is 1.92 bits per heavy atom. The first-order chi connectivity index (χ1) is 11.5. The van der Waals surface area contributed by atoms with Crippen molar-refractivity contribution in [1.29, 1.82) is 0 Å². The van der Waals surface area contributed by atoms with Gasteiger partial charge in [-0.15, -0.1) is 0 Å². The van der Waals surface area contributed by atoms with Crippen molar-refractivity contribution in [2.24, 2.45) is 11.8 Å². The quantitative estimate of drug-likeness (QED) is 0.810. The minimum atomic E-state index is -0.612. The maximum Gasteiger partial charge on any atom is 0.230 e. The zero-order valence-corrected chi connectivity index (χ0v) is 14.9. The summed E-state index contributed by atoms with van der Waals surface area (Å²) in [5.74, 6) is 1.26. The lowest BCUT2D eigenvalue weighted by Crippen LogP contribution is -2.41. The first-order valence-electron chi connectivity index (χ1n) is 9.27. The summed E-state index contributed by atoms with van der Waals surface area (Å²) in [5, 5.41) is 3.04. The van der Waals surface area contributed by atoms with E-state index >= 15 is 0 Å². The number of hydrogen-bond acceptors (Lipinski definition) is 2. The summed E-state index contributed by atoms with van der Waals surface area (Å²) < 4.78 is 14.0. The van der Waals surface area contributed by atoms with Crippen molar-refractivity contribution in [1.82, 2.24) is 10.2 Å². The minimum absolute atomic E-state index is 0.00650. The minimum Gasteiger partial charge on any atom is -0.355 e. The van der Waals surface area contributed by atoms with Crippen molar-refractivity contribution >= 4 is 5.91 Å². The van der Waals surface area contributed by atoms with Crippen molar-refractivity contribution < 1.29 is 9.18 Å². The van der Waals surface area contributed by atoms with Crippen LogP contribution in [-0.4, -0.2) is 37.0 Å². The van der Waals surface area contributed by atoms with E-state index in [1.54, 1.807) is 12.1 Å². The SMILES string of the molecule is C[C@@H]1C[C@@H](C)CN(CCCNC(=O)C2(c3ccccc3F)CC2)C1. The van der Waals surface area contributed by atoms with E-state index in [2.05, 4.69) is 24.1 Å². The molecule has 132 valence electrons. The molecule has 0 aromatic heterocycles. The van der Waals surface area contributed by atoms with Gasteiger partial charge in [-0.1, -0.05) is 32.0 Å². The van der Waals surface area contributed by atoms with Crippen molar-refractivity contribution in [2.45, 2.75) is 44.9 Å². The van der Waals surface area contributed by atoms with Gasteiger partial charge in [0.05, 0.1) is 5.41 Å². The Morgan fingerprint density at radius 3 is 2.54 bits per heavy atom. The molecule has 1 heterocycles. The molecule has 0 bridgehead atoms. The predicted octanol–water partition coefficient (Wildman–Crippen LogP) is 3.34. The normalized spacial score (nSPS) is 26.1. The molecule has 0 unspecified atom stereocenters. The molecule has 1 aromatic carbocycles. The molecule has 1 aliphatic carbocycles. The molecule has 3 nitrogen and oxygen atoms in total. The molecule has 1 amide bonds. The lowest BCUT2D eigenvalue weighted by atomic mass is 9.92. The molecule has 2 atom stereocenters. The van der Waals surface area contributed by atoms with Gasteiger partial charge in [-0.2, -0.15) is 0 Å². The molecular weight excluding hydrogens is 303 g/mol. The Bertz CT molecular complexity index is 575. The maximum atomic E-state index is 14.0. The van der Waals surface area contributed by atoms with E-state index in [1.165, 1.54) is 12.5 Å². The van der Waals surface area contributed by atoms with Crippen LogP contribution in [0.25, 0.3) is 0 Å². The molecule has 3 rings (SSSR count). The van der Waals surface area contributed by atoms with Crippen LogP contribution in [0.15, 0.2) is 24.3 Å². The average molecular weight is 332 g/mol. The van der Waals surface area contributed by atoms with E-state index in [4.69, 9.17) is 0 Å². The summed E-state index contributed by atoms with van der Waals surface area (Å²) in [6, 6.07) is 6.68. The lowest BCUT2D eigenvalue weighted by molar-refractivity contribution is -0.123. The van der Waals surface area contributed by atoms with Gasteiger partial charge < -0.3 is 10.2 Å². The fourth-order valence-corrected chi connectivity index (χ4v) is 4.24. The fraction of sp³-hybridized carbons (Fsp3) is 0.650. The number of likely N-dealkylation sites (tertiary alicyclic amines) is 1. The van der Waals surface area contributed by atoms with Crippen molar-refractivity contribution in [3.05, 3.63) is 35.6 Å². The molecule has 1 N–H and O–H groups in total. The number of carbonyl (C=O) groups is 1. The van der Waals surface area contributed by atoms with Crippen LogP contribution in [0.2, 0.25) is 0 Å². The Morgan fingerprint density at radius 1 is 1.25 bits per heavy atom. The smallest absolute Gasteiger partial charge is 0.230 e. The third kappa shape index (κ3) is 3.80. The highest BCUT2D eigenvalue weighted by atomic mass is 19.1. The van der Waals surface area contributed by atoms with Crippen molar-refractivity contribution in [3.8, 4) is 0 Å². The van der Waals surface area contributed by atoms with Gasteiger partial charge in [0, 0.05) is 25.2 Å². The topological polar surface area (TPSA) is 32.3 Å². The Balaban J connectivity index is 1.46. The predicted molar refractivity (Wildman–Crippen MR) is 94.3 cm³/mol. The fourth-order valence-electron chi connectivity index (χ4n) is 4.24. The number of amides is 1. The molecular formula is C20H29FN2O.